The Labute approximate surface area is 113 Å². The number of ether oxygens (including phenoxy) is 1. The normalized spacial score (nSPS) is 23.1. The molecule has 0 aliphatic heterocycles. The molecule has 1 fully saturated rings. The van der Waals surface area contributed by atoms with Crippen LogP contribution < -0.4 is 5.32 Å². The molecule has 2 rings (SSSR count). The Morgan fingerprint density at radius 1 is 1.32 bits per heavy atom. The van der Waals surface area contributed by atoms with Gasteiger partial charge in [0.1, 0.15) is 0 Å². The van der Waals surface area contributed by atoms with E-state index in [1.54, 1.807) is 19.2 Å². The molecule has 0 amide bonds. The van der Waals surface area contributed by atoms with Gasteiger partial charge in [-0.05, 0) is 50.3 Å². The van der Waals surface area contributed by atoms with Crippen molar-refractivity contribution in [2.45, 2.75) is 44.8 Å². The first-order valence-corrected chi connectivity index (χ1v) is 6.74. The fourth-order valence-corrected chi connectivity index (χ4v) is 2.69. The fourth-order valence-electron chi connectivity index (χ4n) is 2.69. The van der Waals surface area contributed by atoms with Gasteiger partial charge in [0.2, 0.25) is 0 Å². The molecule has 0 saturated heterocycles. The van der Waals surface area contributed by atoms with Crippen LogP contribution in [0.2, 0.25) is 0 Å². The average molecular weight is 263 g/mol. The maximum atomic E-state index is 11.1. The van der Waals surface area contributed by atoms with Gasteiger partial charge in [0.15, 0.2) is 0 Å². The third kappa shape index (κ3) is 3.26. The number of anilines is 1. The molecule has 0 heterocycles. The molecule has 104 valence electrons. The van der Waals surface area contributed by atoms with Gasteiger partial charge in [-0.3, -0.25) is 0 Å². The zero-order valence-electron chi connectivity index (χ0n) is 11.5. The van der Waals surface area contributed by atoms with Crippen molar-refractivity contribution in [3.63, 3.8) is 0 Å². The van der Waals surface area contributed by atoms with E-state index in [0.717, 1.165) is 36.9 Å². The molecule has 19 heavy (non-hydrogen) atoms. The maximum absolute atomic E-state index is 11.1. The van der Waals surface area contributed by atoms with E-state index in [1.165, 1.54) is 0 Å². The number of carboxylic acid groups (broad SMARTS) is 1. The summed E-state index contributed by atoms with van der Waals surface area (Å²) in [6.45, 7) is 1.85. The van der Waals surface area contributed by atoms with Crippen LogP contribution in [0.25, 0.3) is 0 Å². The third-order valence-corrected chi connectivity index (χ3v) is 3.93. The Morgan fingerprint density at radius 3 is 2.58 bits per heavy atom. The smallest absolute Gasteiger partial charge is 0.336 e. The number of benzene rings is 1. The molecule has 0 radical (unpaired) electrons. The van der Waals surface area contributed by atoms with Gasteiger partial charge < -0.3 is 15.2 Å². The van der Waals surface area contributed by atoms with Crippen molar-refractivity contribution in [3.05, 3.63) is 29.3 Å². The Hall–Kier alpha value is -1.55. The van der Waals surface area contributed by atoms with Crippen LogP contribution >= 0.6 is 0 Å². The van der Waals surface area contributed by atoms with Crippen molar-refractivity contribution in [1.82, 2.24) is 0 Å². The van der Waals surface area contributed by atoms with E-state index in [0.29, 0.717) is 17.7 Å². The first kappa shape index (κ1) is 13.9. The molecule has 4 nitrogen and oxygen atoms in total. The second-order valence-corrected chi connectivity index (χ2v) is 5.14. The minimum Gasteiger partial charge on any atom is -0.478 e. The van der Waals surface area contributed by atoms with E-state index in [4.69, 9.17) is 9.84 Å². The molecule has 1 aromatic carbocycles. The van der Waals surface area contributed by atoms with Crippen LogP contribution in [-0.2, 0) is 4.74 Å². The van der Waals surface area contributed by atoms with Crippen molar-refractivity contribution in [2.75, 3.05) is 12.4 Å². The molecule has 0 atom stereocenters. The summed E-state index contributed by atoms with van der Waals surface area (Å²) in [5, 5.41) is 12.6. The van der Waals surface area contributed by atoms with Gasteiger partial charge in [0, 0.05) is 18.8 Å². The predicted octanol–water partition coefficient (Wildman–Crippen LogP) is 3.06. The molecule has 1 saturated carbocycles. The van der Waals surface area contributed by atoms with Gasteiger partial charge >= 0.3 is 5.97 Å². The summed E-state index contributed by atoms with van der Waals surface area (Å²) in [7, 11) is 1.76. The van der Waals surface area contributed by atoms with Crippen LogP contribution in [0.5, 0.6) is 0 Å². The Morgan fingerprint density at radius 2 is 2.00 bits per heavy atom. The highest BCUT2D eigenvalue weighted by atomic mass is 16.5. The number of carbonyl (C=O) groups is 1. The highest BCUT2D eigenvalue weighted by Crippen LogP contribution is 2.26. The Kier molecular flexibility index (Phi) is 4.43. The number of methoxy groups -OCH3 is 1. The summed E-state index contributed by atoms with van der Waals surface area (Å²) >= 11 is 0. The van der Waals surface area contributed by atoms with E-state index < -0.39 is 5.97 Å². The number of hydrogen-bond acceptors (Lipinski definition) is 3. The molecule has 0 unspecified atom stereocenters. The molecule has 1 aliphatic carbocycles. The minimum atomic E-state index is -0.871. The second-order valence-electron chi connectivity index (χ2n) is 5.14. The monoisotopic (exact) mass is 263 g/mol. The number of aromatic carboxylic acids is 1. The molecule has 0 aromatic heterocycles. The van der Waals surface area contributed by atoms with Crippen molar-refractivity contribution in [2.24, 2.45) is 0 Å². The van der Waals surface area contributed by atoms with Gasteiger partial charge in [-0.2, -0.15) is 0 Å². The van der Waals surface area contributed by atoms with Gasteiger partial charge in [-0.1, -0.05) is 6.07 Å². The largest absolute Gasteiger partial charge is 0.478 e. The van der Waals surface area contributed by atoms with E-state index in [9.17, 15) is 4.79 Å². The summed E-state index contributed by atoms with van der Waals surface area (Å²) in [4.78, 5) is 11.1. The number of hydrogen-bond donors (Lipinski definition) is 2. The fraction of sp³-hybridized carbons (Fsp3) is 0.533. The zero-order valence-corrected chi connectivity index (χ0v) is 11.5. The van der Waals surface area contributed by atoms with Crippen LogP contribution in [0.1, 0.15) is 41.6 Å². The highest BCUT2D eigenvalue weighted by Gasteiger charge is 2.21. The van der Waals surface area contributed by atoms with Crippen LogP contribution in [0.4, 0.5) is 5.69 Å². The average Bonchev–Trinajstić information content (AvgIpc) is 2.41. The summed E-state index contributed by atoms with van der Waals surface area (Å²) in [5.41, 5.74) is 2.11. The summed E-state index contributed by atoms with van der Waals surface area (Å²) < 4.78 is 5.36. The summed E-state index contributed by atoms with van der Waals surface area (Å²) in [5.74, 6) is -0.871. The molecule has 0 spiro atoms. The quantitative estimate of drug-likeness (QED) is 0.876. The number of carboxylic acids is 1. The Balaban J connectivity index is 2.04. The molecular formula is C15H21NO3. The lowest BCUT2D eigenvalue weighted by molar-refractivity contribution is 0.0682. The molecule has 4 heteroatoms. The van der Waals surface area contributed by atoms with Crippen molar-refractivity contribution < 1.29 is 14.6 Å². The van der Waals surface area contributed by atoms with E-state index >= 15 is 0 Å². The first-order chi connectivity index (χ1) is 9.11. The highest BCUT2D eigenvalue weighted by molar-refractivity contribution is 5.91. The van der Waals surface area contributed by atoms with Gasteiger partial charge in [0.05, 0.1) is 11.7 Å². The SMILES string of the molecule is COC1CCC(Nc2cccc(C(=O)O)c2C)CC1. The van der Waals surface area contributed by atoms with Crippen LogP contribution in [-0.4, -0.2) is 30.3 Å². The van der Waals surface area contributed by atoms with Gasteiger partial charge in [0.25, 0.3) is 0 Å². The lowest BCUT2D eigenvalue weighted by atomic mass is 9.92. The Bertz CT molecular complexity index is 451. The van der Waals surface area contributed by atoms with Crippen LogP contribution in [0, 0.1) is 6.92 Å². The maximum Gasteiger partial charge on any atom is 0.336 e. The molecular weight excluding hydrogens is 242 g/mol. The minimum absolute atomic E-state index is 0.371. The first-order valence-electron chi connectivity index (χ1n) is 6.74. The predicted molar refractivity (Wildman–Crippen MR) is 74.8 cm³/mol. The standard InChI is InChI=1S/C15H21NO3/c1-10-13(15(17)18)4-3-5-14(10)16-11-6-8-12(19-2)9-7-11/h3-5,11-12,16H,6-9H2,1-2H3,(H,17,18). The third-order valence-electron chi connectivity index (χ3n) is 3.93. The molecule has 0 bridgehead atoms. The summed E-state index contributed by atoms with van der Waals surface area (Å²) in [6, 6.07) is 5.79. The summed E-state index contributed by atoms with van der Waals surface area (Å²) in [6.07, 6.45) is 4.63. The van der Waals surface area contributed by atoms with Crippen LogP contribution in [0.15, 0.2) is 18.2 Å². The van der Waals surface area contributed by atoms with Gasteiger partial charge in [-0.15, -0.1) is 0 Å². The number of nitrogens with one attached hydrogen (secondary N) is 1. The van der Waals surface area contributed by atoms with Crippen molar-refractivity contribution in [3.8, 4) is 0 Å². The second kappa shape index (κ2) is 6.06. The lowest BCUT2D eigenvalue weighted by Crippen LogP contribution is -2.29. The van der Waals surface area contributed by atoms with Gasteiger partial charge in [-0.25, -0.2) is 4.79 Å². The van der Waals surface area contributed by atoms with E-state index in [2.05, 4.69) is 5.32 Å². The molecule has 1 aromatic rings. The molecule has 1 aliphatic rings. The lowest BCUT2D eigenvalue weighted by Gasteiger charge is -2.29. The number of rotatable bonds is 4. The van der Waals surface area contributed by atoms with E-state index in [-0.39, 0.29) is 0 Å². The van der Waals surface area contributed by atoms with E-state index in [1.807, 2.05) is 13.0 Å². The van der Waals surface area contributed by atoms with Crippen LogP contribution in [0.3, 0.4) is 0 Å². The zero-order chi connectivity index (χ0) is 13.8. The topological polar surface area (TPSA) is 58.6 Å². The van der Waals surface area contributed by atoms with Crippen molar-refractivity contribution >= 4 is 11.7 Å². The molecule has 2 N–H and O–H groups in total. The van der Waals surface area contributed by atoms with Crippen molar-refractivity contribution in [1.29, 1.82) is 0 Å².